The predicted molar refractivity (Wildman–Crippen MR) is 61.6 cm³/mol. The van der Waals surface area contributed by atoms with Gasteiger partial charge in [0.05, 0.1) is 0 Å². The van der Waals surface area contributed by atoms with Gasteiger partial charge in [-0.15, -0.1) is 0 Å². The van der Waals surface area contributed by atoms with Crippen LogP contribution >= 0.6 is 11.5 Å². The molecule has 1 amide bonds. The number of nitrogens with zero attached hydrogens (tertiary/aromatic N) is 3. The molecule has 1 aromatic heterocycles. The molecular weight excluding hydrogens is 226 g/mol. The van der Waals surface area contributed by atoms with Gasteiger partial charge in [0.1, 0.15) is 0 Å². The summed E-state index contributed by atoms with van der Waals surface area (Å²) < 4.78 is 3.55. The van der Waals surface area contributed by atoms with Gasteiger partial charge in [0, 0.05) is 29.8 Å². The fourth-order valence-corrected chi connectivity index (χ4v) is 1.50. The van der Waals surface area contributed by atoms with Crippen LogP contribution < -0.4 is 10.6 Å². The van der Waals surface area contributed by atoms with E-state index in [0.717, 1.165) is 17.2 Å². The van der Waals surface area contributed by atoms with Crippen molar-refractivity contribution in [3.63, 3.8) is 0 Å². The first-order chi connectivity index (χ1) is 7.79. The number of benzene rings is 1. The zero-order valence-corrected chi connectivity index (χ0v) is 9.28. The van der Waals surface area contributed by atoms with E-state index in [1.54, 1.807) is 12.1 Å². The molecule has 0 saturated heterocycles. The Balaban J connectivity index is 2.09. The fraction of sp³-hybridized carbons (Fsp3) is 0.111. The maximum Gasteiger partial charge on any atom is 0.257 e. The quantitative estimate of drug-likeness (QED) is 0.836. The van der Waals surface area contributed by atoms with E-state index in [1.165, 1.54) is 0 Å². The number of rotatable bonds is 3. The molecule has 1 heterocycles. The van der Waals surface area contributed by atoms with E-state index >= 15 is 0 Å². The SMILES string of the molecule is CNc1ccc(C(=O)Nc2nnns2)cc1. The third kappa shape index (κ3) is 2.31. The first-order valence-electron chi connectivity index (χ1n) is 4.54. The topological polar surface area (TPSA) is 79.8 Å². The number of hydrogen-bond donors (Lipinski definition) is 2. The Bertz CT molecular complexity index is 467. The molecule has 1 aromatic carbocycles. The molecule has 0 saturated carbocycles. The number of hydrogen-bond acceptors (Lipinski definition) is 6. The molecular formula is C9H9N5OS. The number of carbonyl (C=O) groups is 1. The third-order valence-corrected chi connectivity index (χ3v) is 2.47. The summed E-state index contributed by atoms with van der Waals surface area (Å²) in [6, 6.07) is 7.12. The van der Waals surface area contributed by atoms with Crippen LogP contribution in [0.3, 0.4) is 0 Å². The standard InChI is InChI=1S/C9H9N5OS/c1-10-7-4-2-6(3-5-7)8(15)11-9-12-13-14-16-9/h2-5,10H,1H3,(H,11,12,14,15). The molecule has 0 fully saturated rings. The van der Waals surface area contributed by atoms with Gasteiger partial charge < -0.3 is 5.32 Å². The van der Waals surface area contributed by atoms with Crippen molar-refractivity contribution in [3.05, 3.63) is 29.8 Å². The van der Waals surface area contributed by atoms with Crippen LogP contribution in [0, 0.1) is 0 Å². The highest BCUT2D eigenvalue weighted by molar-refractivity contribution is 7.09. The normalized spacial score (nSPS) is 9.81. The van der Waals surface area contributed by atoms with Gasteiger partial charge in [0.25, 0.3) is 5.91 Å². The van der Waals surface area contributed by atoms with Gasteiger partial charge in [-0.05, 0) is 29.5 Å². The van der Waals surface area contributed by atoms with Gasteiger partial charge in [-0.25, -0.2) is 0 Å². The number of amides is 1. The lowest BCUT2D eigenvalue weighted by Crippen LogP contribution is -2.11. The van der Waals surface area contributed by atoms with E-state index < -0.39 is 0 Å². The number of anilines is 2. The summed E-state index contributed by atoms with van der Waals surface area (Å²) in [5.74, 6) is -0.221. The summed E-state index contributed by atoms with van der Waals surface area (Å²) in [5.41, 5.74) is 1.52. The van der Waals surface area contributed by atoms with Gasteiger partial charge in [-0.3, -0.25) is 10.1 Å². The second-order valence-corrected chi connectivity index (χ2v) is 3.68. The minimum Gasteiger partial charge on any atom is -0.388 e. The van der Waals surface area contributed by atoms with Crippen LogP contribution in [0.4, 0.5) is 10.8 Å². The Morgan fingerprint density at radius 2 is 2.06 bits per heavy atom. The number of nitrogens with one attached hydrogen (secondary N) is 2. The van der Waals surface area contributed by atoms with Gasteiger partial charge in [0.2, 0.25) is 5.13 Å². The molecule has 0 radical (unpaired) electrons. The van der Waals surface area contributed by atoms with Crippen molar-refractivity contribution in [2.45, 2.75) is 0 Å². The largest absolute Gasteiger partial charge is 0.388 e. The maximum absolute atomic E-state index is 11.7. The Hall–Kier alpha value is -2.02. The molecule has 82 valence electrons. The molecule has 0 bridgehead atoms. The molecule has 2 N–H and O–H groups in total. The monoisotopic (exact) mass is 235 g/mol. The molecule has 2 rings (SSSR count). The van der Waals surface area contributed by atoms with Crippen molar-refractivity contribution in [3.8, 4) is 0 Å². The Kier molecular flexibility index (Phi) is 3.06. The third-order valence-electron chi connectivity index (χ3n) is 1.96. The molecule has 16 heavy (non-hydrogen) atoms. The lowest BCUT2D eigenvalue weighted by atomic mass is 10.2. The second kappa shape index (κ2) is 4.67. The Morgan fingerprint density at radius 1 is 1.31 bits per heavy atom. The van der Waals surface area contributed by atoms with Crippen LogP contribution in [0.2, 0.25) is 0 Å². The second-order valence-electron chi connectivity index (χ2n) is 2.95. The number of aromatic nitrogens is 3. The molecule has 0 spiro atoms. The molecule has 2 aromatic rings. The lowest BCUT2D eigenvalue weighted by molar-refractivity contribution is 0.102. The Labute approximate surface area is 95.9 Å². The summed E-state index contributed by atoms with van der Waals surface area (Å²) in [7, 11) is 1.82. The van der Waals surface area contributed by atoms with Crippen molar-refractivity contribution in [1.82, 2.24) is 14.8 Å². The highest BCUT2D eigenvalue weighted by atomic mass is 32.1. The summed E-state index contributed by atoms with van der Waals surface area (Å²) in [5, 5.41) is 13.0. The van der Waals surface area contributed by atoms with Crippen LogP contribution in [-0.4, -0.2) is 27.8 Å². The van der Waals surface area contributed by atoms with Gasteiger partial charge in [-0.2, -0.15) is 0 Å². The molecule has 0 atom stereocenters. The highest BCUT2D eigenvalue weighted by Gasteiger charge is 2.07. The van der Waals surface area contributed by atoms with Gasteiger partial charge >= 0.3 is 0 Å². The van der Waals surface area contributed by atoms with Crippen LogP contribution in [0.5, 0.6) is 0 Å². The zero-order chi connectivity index (χ0) is 11.4. The molecule has 6 nitrogen and oxygen atoms in total. The predicted octanol–water partition coefficient (Wildman–Crippen LogP) is 1.23. The smallest absolute Gasteiger partial charge is 0.257 e. The van der Waals surface area contributed by atoms with Gasteiger partial charge in [-0.1, -0.05) is 9.59 Å². The van der Waals surface area contributed by atoms with Crippen LogP contribution in [0.25, 0.3) is 0 Å². The fourth-order valence-electron chi connectivity index (χ4n) is 1.14. The van der Waals surface area contributed by atoms with E-state index in [2.05, 4.69) is 25.4 Å². The van der Waals surface area contributed by atoms with Crippen LogP contribution in [-0.2, 0) is 0 Å². The highest BCUT2D eigenvalue weighted by Crippen LogP contribution is 2.11. The maximum atomic E-state index is 11.7. The minimum absolute atomic E-state index is 0.221. The molecule has 0 aliphatic heterocycles. The summed E-state index contributed by atoms with van der Waals surface area (Å²) >= 11 is 1.04. The lowest BCUT2D eigenvalue weighted by Gasteiger charge is -2.02. The first-order valence-corrected chi connectivity index (χ1v) is 5.31. The van der Waals surface area contributed by atoms with Crippen molar-refractivity contribution in [2.75, 3.05) is 17.7 Å². The average Bonchev–Trinajstić information content (AvgIpc) is 2.82. The molecule has 0 aliphatic carbocycles. The van der Waals surface area contributed by atoms with Crippen molar-refractivity contribution >= 4 is 28.3 Å². The molecule has 7 heteroatoms. The minimum atomic E-state index is -0.221. The van der Waals surface area contributed by atoms with E-state index in [0.29, 0.717) is 10.7 Å². The van der Waals surface area contributed by atoms with E-state index in [-0.39, 0.29) is 5.91 Å². The zero-order valence-electron chi connectivity index (χ0n) is 8.47. The Morgan fingerprint density at radius 3 is 2.62 bits per heavy atom. The summed E-state index contributed by atoms with van der Waals surface area (Å²) in [6.45, 7) is 0. The van der Waals surface area contributed by atoms with Crippen LogP contribution in [0.1, 0.15) is 10.4 Å². The summed E-state index contributed by atoms with van der Waals surface area (Å²) in [6.07, 6.45) is 0. The number of carbonyl (C=O) groups excluding carboxylic acids is 1. The van der Waals surface area contributed by atoms with Crippen molar-refractivity contribution in [1.29, 1.82) is 0 Å². The first kappa shape index (κ1) is 10.5. The van der Waals surface area contributed by atoms with Gasteiger partial charge in [0.15, 0.2) is 0 Å². The van der Waals surface area contributed by atoms with Crippen LogP contribution in [0.15, 0.2) is 24.3 Å². The summed E-state index contributed by atoms with van der Waals surface area (Å²) in [4.78, 5) is 11.7. The van der Waals surface area contributed by atoms with E-state index in [9.17, 15) is 4.79 Å². The van der Waals surface area contributed by atoms with E-state index in [1.807, 2.05) is 19.2 Å². The van der Waals surface area contributed by atoms with Crippen molar-refractivity contribution in [2.24, 2.45) is 0 Å². The molecule has 0 aliphatic rings. The average molecular weight is 235 g/mol. The van der Waals surface area contributed by atoms with Crippen molar-refractivity contribution < 1.29 is 4.79 Å². The molecule has 0 unspecified atom stereocenters. The van der Waals surface area contributed by atoms with E-state index in [4.69, 9.17) is 0 Å².